The second kappa shape index (κ2) is 8.61. The molecule has 7 heteroatoms. The number of nitrogens with zero attached hydrogens (tertiary/aromatic N) is 4. The van der Waals surface area contributed by atoms with E-state index in [1.165, 1.54) is 0 Å². The lowest BCUT2D eigenvalue weighted by molar-refractivity contribution is -0.118. The van der Waals surface area contributed by atoms with E-state index >= 15 is 0 Å². The maximum absolute atomic E-state index is 12.4. The van der Waals surface area contributed by atoms with E-state index in [1.54, 1.807) is 39.9 Å². The smallest absolute Gasteiger partial charge is 0.227 e. The van der Waals surface area contributed by atoms with Gasteiger partial charge in [-0.15, -0.1) is 18.2 Å². The minimum absolute atomic E-state index is 0.00431. The van der Waals surface area contributed by atoms with Crippen molar-refractivity contribution < 1.29 is 4.79 Å². The van der Waals surface area contributed by atoms with Gasteiger partial charge >= 0.3 is 0 Å². The third kappa shape index (κ3) is 4.50. The van der Waals surface area contributed by atoms with Crippen molar-refractivity contribution in [3.63, 3.8) is 0 Å². The van der Waals surface area contributed by atoms with Gasteiger partial charge in [-0.25, -0.2) is 4.68 Å². The van der Waals surface area contributed by atoms with E-state index in [2.05, 4.69) is 16.0 Å². The average molecular weight is 349 g/mol. The predicted molar refractivity (Wildman–Crippen MR) is 95.2 cm³/mol. The van der Waals surface area contributed by atoms with Crippen molar-refractivity contribution in [3.8, 4) is 18.0 Å². The standard InChI is InChI=1S/C16H17ClN4OS/c1-3-9-23-10-7-15(22)20(4-2)14-12-21(19-16(14)17)13-6-5-8-18-11-13/h1,5-6,8,11-12H,4,7,9-10H2,2H3. The molecule has 0 aliphatic rings. The number of terminal acetylenes is 1. The Balaban J connectivity index is 2.14. The summed E-state index contributed by atoms with van der Waals surface area (Å²) in [7, 11) is 0. The van der Waals surface area contributed by atoms with Crippen LogP contribution in [0.2, 0.25) is 5.15 Å². The van der Waals surface area contributed by atoms with Gasteiger partial charge in [0.2, 0.25) is 5.91 Å². The Labute approximate surface area is 145 Å². The molecule has 2 aromatic rings. The van der Waals surface area contributed by atoms with Gasteiger partial charge in [-0.1, -0.05) is 17.5 Å². The second-order valence-electron chi connectivity index (χ2n) is 4.61. The van der Waals surface area contributed by atoms with Crippen LogP contribution in [0.4, 0.5) is 5.69 Å². The first-order valence-corrected chi connectivity index (χ1v) is 8.67. The molecule has 1 amide bonds. The van der Waals surface area contributed by atoms with Crippen LogP contribution in [0.15, 0.2) is 30.7 Å². The van der Waals surface area contributed by atoms with Gasteiger partial charge in [0, 0.05) is 24.9 Å². The summed E-state index contributed by atoms with van der Waals surface area (Å²) in [5, 5.41) is 4.55. The molecular weight excluding hydrogens is 332 g/mol. The Kier molecular flexibility index (Phi) is 6.51. The molecule has 2 aromatic heterocycles. The van der Waals surface area contributed by atoms with Crippen LogP contribution in [0.5, 0.6) is 0 Å². The van der Waals surface area contributed by atoms with E-state index in [0.29, 0.717) is 35.3 Å². The highest BCUT2D eigenvalue weighted by atomic mass is 35.5. The number of anilines is 1. The van der Waals surface area contributed by atoms with E-state index in [-0.39, 0.29) is 5.91 Å². The van der Waals surface area contributed by atoms with Crippen LogP contribution in [0.25, 0.3) is 5.69 Å². The lowest BCUT2D eigenvalue weighted by Crippen LogP contribution is -2.30. The molecule has 0 saturated carbocycles. The molecule has 0 saturated heterocycles. The molecule has 0 fully saturated rings. The first kappa shape index (κ1) is 17.4. The fraction of sp³-hybridized carbons (Fsp3) is 0.312. The first-order valence-electron chi connectivity index (χ1n) is 7.14. The van der Waals surface area contributed by atoms with Crippen LogP contribution in [-0.4, -0.2) is 38.7 Å². The van der Waals surface area contributed by atoms with Crippen molar-refractivity contribution in [3.05, 3.63) is 35.9 Å². The van der Waals surface area contributed by atoms with Crippen LogP contribution in [0.3, 0.4) is 0 Å². The summed E-state index contributed by atoms with van der Waals surface area (Å²) in [6, 6.07) is 3.69. The predicted octanol–water partition coefficient (Wildman–Crippen LogP) is 3.03. The van der Waals surface area contributed by atoms with Gasteiger partial charge in [-0.05, 0) is 19.1 Å². The van der Waals surface area contributed by atoms with Gasteiger partial charge in [0.1, 0.15) is 5.69 Å². The minimum Gasteiger partial charge on any atom is -0.308 e. The summed E-state index contributed by atoms with van der Waals surface area (Å²) in [6.07, 6.45) is 10.7. The number of hydrogen-bond donors (Lipinski definition) is 0. The number of halogens is 1. The highest BCUT2D eigenvalue weighted by Gasteiger charge is 2.19. The van der Waals surface area contributed by atoms with Gasteiger partial charge in [-0.2, -0.15) is 5.10 Å². The maximum Gasteiger partial charge on any atom is 0.227 e. The Morgan fingerprint density at radius 2 is 2.39 bits per heavy atom. The molecule has 0 radical (unpaired) electrons. The zero-order valence-corrected chi connectivity index (χ0v) is 14.3. The van der Waals surface area contributed by atoms with Crippen molar-refractivity contribution in [1.29, 1.82) is 0 Å². The fourth-order valence-corrected chi connectivity index (χ4v) is 2.87. The molecule has 23 heavy (non-hydrogen) atoms. The Morgan fingerprint density at radius 1 is 1.57 bits per heavy atom. The molecule has 120 valence electrons. The van der Waals surface area contributed by atoms with Gasteiger partial charge in [0.15, 0.2) is 5.15 Å². The SMILES string of the molecule is C#CCSCCC(=O)N(CC)c1cn(-c2cccnc2)nc1Cl. The highest BCUT2D eigenvalue weighted by molar-refractivity contribution is 7.99. The molecule has 2 heterocycles. The average Bonchev–Trinajstić information content (AvgIpc) is 2.95. The van der Waals surface area contributed by atoms with Crippen molar-refractivity contribution in [2.24, 2.45) is 0 Å². The minimum atomic E-state index is 0.00431. The number of hydrogen-bond acceptors (Lipinski definition) is 4. The topological polar surface area (TPSA) is 51.0 Å². The lowest BCUT2D eigenvalue weighted by atomic mass is 10.3. The van der Waals surface area contributed by atoms with E-state index in [9.17, 15) is 4.79 Å². The maximum atomic E-state index is 12.4. The van der Waals surface area contributed by atoms with Crippen molar-refractivity contribution in [2.75, 3.05) is 23.0 Å². The zero-order chi connectivity index (χ0) is 16.7. The van der Waals surface area contributed by atoms with Crippen LogP contribution in [-0.2, 0) is 4.79 Å². The van der Waals surface area contributed by atoms with Crippen molar-refractivity contribution in [2.45, 2.75) is 13.3 Å². The number of thioether (sulfide) groups is 1. The first-order chi connectivity index (χ1) is 11.2. The number of amides is 1. The molecule has 0 unspecified atom stereocenters. The Bertz CT molecular complexity index is 696. The number of pyridine rings is 1. The third-order valence-corrected chi connectivity index (χ3v) is 4.25. The highest BCUT2D eigenvalue weighted by Crippen LogP contribution is 2.26. The molecule has 0 atom stereocenters. The number of carbonyl (C=O) groups is 1. The summed E-state index contributed by atoms with van der Waals surface area (Å²) in [6.45, 7) is 2.43. The number of aromatic nitrogens is 3. The van der Waals surface area contributed by atoms with E-state index < -0.39 is 0 Å². The number of carbonyl (C=O) groups excluding carboxylic acids is 1. The fourth-order valence-electron chi connectivity index (χ4n) is 2.05. The molecule has 2 rings (SSSR count). The van der Waals surface area contributed by atoms with Gasteiger partial charge < -0.3 is 4.90 Å². The van der Waals surface area contributed by atoms with Crippen molar-refractivity contribution in [1.82, 2.24) is 14.8 Å². The number of rotatable bonds is 7. The summed E-state index contributed by atoms with van der Waals surface area (Å²) in [5.74, 6) is 3.85. The van der Waals surface area contributed by atoms with Crippen molar-refractivity contribution >= 4 is 35.0 Å². The quantitative estimate of drug-likeness (QED) is 0.570. The summed E-state index contributed by atoms with van der Waals surface area (Å²) in [4.78, 5) is 18.1. The molecule has 0 aromatic carbocycles. The van der Waals surface area contributed by atoms with E-state index in [0.717, 1.165) is 5.69 Å². The molecular formula is C16H17ClN4OS. The third-order valence-electron chi connectivity index (χ3n) is 3.12. The largest absolute Gasteiger partial charge is 0.308 e. The van der Waals surface area contributed by atoms with Crippen LogP contribution in [0, 0.1) is 12.3 Å². The van der Waals surface area contributed by atoms with Crippen LogP contribution in [0.1, 0.15) is 13.3 Å². The summed E-state index contributed by atoms with van der Waals surface area (Å²) >= 11 is 7.78. The van der Waals surface area contributed by atoms with Crippen LogP contribution >= 0.6 is 23.4 Å². The normalized spacial score (nSPS) is 10.3. The Morgan fingerprint density at radius 3 is 3.04 bits per heavy atom. The monoisotopic (exact) mass is 348 g/mol. The molecule has 5 nitrogen and oxygen atoms in total. The summed E-state index contributed by atoms with van der Waals surface area (Å²) < 4.78 is 1.62. The van der Waals surface area contributed by atoms with Gasteiger partial charge in [0.05, 0.1) is 23.8 Å². The molecule has 0 aliphatic carbocycles. The van der Waals surface area contributed by atoms with Crippen LogP contribution < -0.4 is 4.90 Å². The zero-order valence-electron chi connectivity index (χ0n) is 12.8. The lowest BCUT2D eigenvalue weighted by Gasteiger charge is -2.19. The summed E-state index contributed by atoms with van der Waals surface area (Å²) in [5.41, 5.74) is 1.39. The van der Waals surface area contributed by atoms with E-state index in [4.69, 9.17) is 18.0 Å². The van der Waals surface area contributed by atoms with Gasteiger partial charge in [0.25, 0.3) is 0 Å². The van der Waals surface area contributed by atoms with Gasteiger partial charge in [-0.3, -0.25) is 9.78 Å². The molecule has 0 spiro atoms. The second-order valence-corrected chi connectivity index (χ2v) is 6.07. The molecule has 0 bridgehead atoms. The van der Waals surface area contributed by atoms with E-state index in [1.807, 2.05) is 19.1 Å². The Hall–Kier alpha value is -1.97. The molecule has 0 aliphatic heterocycles. The molecule has 0 N–H and O–H groups in total.